The van der Waals surface area contributed by atoms with Crippen molar-refractivity contribution in [2.45, 2.75) is 6.61 Å². The fourth-order valence-corrected chi connectivity index (χ4v) is 1.96. The number of carboxylic acids is 1. The van der Waals surface area contributed by atoms with Crippen LogP contribution < -0.4 is 5.32 Å². The molecule has 0 aromatic heterocycles. The van der Waals surface area contributed by atoms with E-state index in [4.69, 9.17) is 21.4 Å². The van der Waals surface area contributed by atoms with Gasteiger partial charge in [0.15, 0.2) is 11.6 Å². The molecule has 5 nitrogen and oxygen atoms in total. The third kappa shape index (κ3) is 3.95. The number of hydrogen-bond donors (Lipinski definition) is 2. The molecular weight excluding hydrogens is 332 g/mol. The number of anilines is 1. The van der Waals surface area contributed by atoms with Gasteiger partial charge in [-0.1, -0.05) is 41.9 Å². The van der Waals surface area contributed by atoms with Gasteiger partial charge in [-0.2, -0.15) is 0 Å². The molecule has 2 aromatic rings. The number of rotatable bonds is 4. The topological polar surface area (TPSA) is 75.6 Å². The van der Waals surface area contributed by atoms with Crippen molar-refractivity contribution < 1.29 is 28.2 Å². The van der Waals surface area contributed by atoms with Gasteiger partial charge in [-0.25, -0.2) is 18.4 Å². The quantitative estimate of drug-likeness (QED) is 0.822. The van der Waals surface area contributed by atoms with Gasteiger partial charge >= 0.3 is 12.1 Å². The summed E-state index contributed by atoms with van der Waals surface area (Å²) in [5.41, 5.74) is -1.14. The zero-order valence-corrected chi connectivity index (χ0v) is 12.2. The van der Waals surface area contributed by atoms with Gasteiger partial charge in [0.1, 0.15) is 12.2 Å². The number of carbonyl (C=O) groups excluding carboxylic acids is 1. The first kappa shape index (κ1) is 16.7. The highest BCUT2D eigenvalue weighted by Crippen LogP contribution is 2.28. The molecule has 0 bridgehead atoms. The Morgan fingerprint density at radius 2 is 1.83 bits per heavy atom. The van der Waals surface area contributed by atoms with Crippen LogP contribution in [0.1, 0.15) is 15.9 Å². The van der Waals surface area contributed by atoms with Crippen LogP contribution in [0.5, 0.6) is 0 Å². The van der Waals surface area contributed by atoms with Crippen LogP contribution in [0.3, 0.4) is 0 Å². The fourth-order valence-electron chi connectivity index (χ4n) is 1.75. The molecule has 0 aliphatic rings. The Morgan fingerprint density at radius 3 is 2.43 bits per heavy atom. The van der Waals surface area contributed by atoms with Crippen LogP contribution in [-0.2, 0) is 11.3 Å². The Labute approximate surface area is 134 Å². The van der Waals surface area contributed by atoms with E-state index in [-0.39, 0.29) is 6.61 Å². The van der Waals surface area contributed by atoms with Gasteiger partial charge in [-0.3, -0.25) is 5.32 Å². The number of hydrogen-bond acceptors (Lipinski definition) is 3. The van der Waals surface area contributed by atoms with Gasteiger partial charge in [0.25, 0.3) is 0 Å². The number of carbonyl (C=O) groups is 2. The number of carboxylic acid groups (broad SMARTS) is 1. The predicted octanol–water partition coefficient (Wildman–Crippen LogP) is 4.07. The van der Waals surface area contributed by atoms with E-state index in [0.717, 1.165) is 6.07 Å². The van der Waals surface area contributed by atoms with E-state index in [9.17, 15) is 18.4 Å². The molecule has 0 spiro atoms. The molecule has 0 aliphatic heterocycles. The van der Waals surface area contributed by atoms with E-state index in [1.165, 1.54) is 0 Å². The summed E-state index contributed by atoms with van der Waals surface area (Å²) in [6, 6.07) is 9.47. The lowest BCUT2D eigenvalue weighted by molar-refractivity contribution is 0.0686. The van der Waals surface area contributed by atoms with Crippen molar-refractivity contribution in [3.63, 3.8) is 0 Å². The van der Waals surface area contributed by atoms with Gasteiger partial charge in [-0.05, 0) is 11.6 Å². The molecule has 0 atom stereocenters. The van der Waals surface area contributed by atoms with E-state index < -0.39 is 40.0 Å². The maximum Gasteiger partial charge on any atom is 0.412 e. The summed E-state index contributed by atoms with van der Waals surface area (Å²) in [6.07, 6.45) is -1.04. The van der Waals surface area contributed by atoms with Crippen molar-refractivity contribution in [1.29, 1.82) is 0 Å². The Kier molecular flexibility index (Phi) is 5.13. The van der Waals surface area contributed by atoms with Crippen molar-refractivity contribution in [3.8, 4) is 0 Å². The first-order chi connectivity index (χ1) is 10.9. The van der Waals surface area contributed by atoms with E-state index >= 15 is 0 Å². The highest BCUT2D eigenvalue weighted by atomic mass is 35.5. The first-order valence-electron chi connectivity index (χ1n) is 6.28. The molecule has 2 N–H and O–H groups in total. The van der Waals surface area contributed by atoms with E-state index in [1.54, 1.807) is 30.3 Å². The highest BCUT2D eigenvalue weighted by Gasteiger charge is 2.24. The van der Waals surface area contributed by atoms with Crippen LogP contribution in [0.4, 0.5) is 19.3 Å². The molecule has 23 heavy (non-hydrogen) atoms. The van der Waals surface area contributed by atoms with E-state index in [2.05, 4.69) is 0 Å². The second-order valence-electron chi connectivity index (χ2n) is 4.40. The van der Waals surface area contributed by atoms with Crippen LogP contribution in [0.2, 0.25) is 5.02 Å². The zero-order valence-electron chi connectivity index (χ0n) is 11.5. The molecule has 0 saturated heterocycles. The molecule has 1 amide bonds. The van der Waals surface area contributed by atoms with Crippen LogP contribution in [0.15, 0.2) is 36.4 Å². The predicted molar refractivity (Wildman–Crippen MR) is 78.6 cm³/mol. The smallest absolute Gasteiger partial charge is 0.412 e. The molecule has 0 saturated carbocycles. The normalized spacial score (nSPS) is 10.2. The second-order valence-corrected chi connectivity index (χ2v) is 4.81. The first-order valence-corrected chi connectivity index (χ1v) is 6.66. The lowest BCUT2D eigenvalue weighted by Gasteiger charge is -2.10. The third-order valence-electron chi connectivity index (χ3n) is 2.82. The maximum atomic E-state index is 13.9. The molecule has 0 fully saturated rings. The van der Waals surface area contributed by atoms with Crippen LogP contribution in [-0.4, -0.2) is 17.2 Å². The third-order valence-corrected chi connectivity index (χ3v) is 3.09. The van der Waals surface area contributed by atoms with Gasteiger partial charge in [0.05, 0.1) is 10.7 Å². The summed E-state index contributed by atoms with van der Waals surface area (Å²) in [6.45, 7) is -0.0744. The lowest BCUT2D eigenvalue weighted by Crippen LogP contribution is -2.16. The Morgan fingerprint density at radius 1 is 1.17 bits per heavy atom. The van der Waals surface area contributed by atoms with Crippen LogP contribution in [0, 0.1) is 11.6 Å². The summed E-state index contributed by atoms with van der Waals surface area (Å²) in [4.78, 5) is 22.5. The standard InChI is InChI=1S/C15H10ClF2NO4/c16-9-6-10(13(18)11(12(9)17)14(20)21)19-15(22)23-7-8-4-2-1-3-5-8/h1-6H,7H2,(H,19,22)(H,20,21). The van der Waals surface area contributed by atoms with Crippen molar-refractivity contribution in [2.75, 3.05) is 5.32 Å². The second kappa shape index (κ2) is 7.06. The average Bonchev–Trinajstić information content (AvgIpc) is 2.51. The summed E-state index contributed by atoms with van der Waals surface area (Å²) < 4.78 is 32.3. The van der Waals surface area contributed by atoms with Crippen molar-refractivity contribution in [2.24, 2.45) is 0 Å². The maximum absolute atomic E-state index is 13.9. The molecule has 2 aromatic carbocycles. The van der Waals surface area contributed by atoms with E-state index in [0.29, 0.717) is 5.56 Å². The molecule has 0 aliphatic carbocycles. The number of aromatic carboxylic acids is 1. The molecular formula is C15H10ClF2NO4. The van der Waals surface area contributed by atoms with E-state index in [1.807, 2.05) is 5.32 Å². The number of amides is 1. The Balaban J connectivity index is 2.13. The molecule has 2 rings (SSSR count). The molecule has 0 radical (unpaired) electrons. The average molecular weight is 342 g/mol. The van der Waals surface area contributed by atoms with Gasteiger partial charge in [0.2, 0.25) is 0 Å². The summed E-state index contributed by atoms with van der Waals surface area (Å²) in [7, 11) is 0. The van der Waals surface area contributed by atoms with Crippen LogP contribution in [0.25, 0.3) is 0 Å². The van der Waals surface area contributed by atoms with Gasteiger partial charge in [-0.15, -0.1) is 0 Å². The van der Waals surface area contributed by atoms with Crippen molar-refractivity contribution in [3.05, 3.63) is 64.2 Å². The highest BCUT2D eigenvalue weighted by molar-refractivity contribution is 6.31. The molecule has 8 heteroatoms. The number of nitrogens with one attached hydrogen (secondary N) is 1. The Hall–Kier alpha value is -2.67. The fraction of sp³-hybridized carbons (Fsp3) is 0.0667. The molecule has 0 unspecified atom stereocenters. The SMILES string of the molecule is O=C(Nc1cc(Cl)c(F)c(C(=O)O)c1F)OCc1ccccc1. The number of halogens is 3. The van der Waals surface area contributed by atoms with Gasteiger partial charge < -0.3 is 9.84 Å². The number of benzene rings is 2. The minimum absolute atomic E-state index is 0.0744. The van der Waals surface area contributed by atoms with Crippen LogP contribution >= 0.6 is 11.6 Å². The Bertz CT molecular complexity index is 753. The minimum atomic E-state index is -1.84. The minimum Gasteiger partial charge on any atom is -0.477 e. The van der Waals surface area contributed by atoms with Crippen molar-refractivity contribution in [1.82, 2.24) is 0 Å². The summed E-state index contributed by atoms with van der Waals surface area (Å²) in [5, 5.41) is 10.2. The molecule has 0 heterocycles. The largest absolute Gasteiger partial charge is 0.477 e. The summed E-state index contributed by atoms with van der Waals surface area (Å²) >= 11 is 5.49. The zero-order chi connectivity index (χ0) is 17.0. The number of ether oxygens (including phenoxy) is 1. The lowest BCUT2D eigenvalue weighted by atomic mass is 10.1. The van der Waals surface area contributed by atoms with Gasteiger partial charge in [0, 0.05) is 0 Å². The van der Waals surface area contributed by atoms with Crippen molar-refractivity contribution >= 4 is 29.4 Å². The summed E-state index contributed by atoms with van der Waals surface area (Å²) in [5.74, 6) is -4.71. The molecule has 120 valence electrons. The monoisotopic (exact) mass is 341 g/mol.